The molecule has 3 N–H and O–H groups in total. The first-order chi connectivity index (χ1) is 13.6. The Kier molecular flexibility index (Phi) is 4.26. The van der Waals surface area contributed by atoms with Crippen molar-refractivity contribution in [3.8, 4) is 11.5 Å². The fourth-order valence-corrected chi connectivity index (χ4v) is 4.36. The Bertz CT molecular complexity index is 994. The lowest BCUT2D eigenvalue weighted by molar-refractivity contribution is 0.0652. The summed E-state index contributed by atoms with van der Waals surface area (Å²) < 4.78 is 10.9. The summed E-state index contributed by atoms with van der Waals surface area (Å²) in [7, 11) is 0. The summed E-state index contributed by atoms with van der Waals surface area (Å²) in [5.74, 6) is 1.57. The average Bonchev–Trinajstić information content (AvgIpc) is 3.35. The summed E-state index contributed by atoms with van der Waals surface area (Å²) in [6.07, 6.45) is 2.25. The van der Waals surface area contributed by atoms with E-state index < -0.39 is 5.56 Å². The number of benzene rings is 1. The van der Waals surface area contributed by atoms with E-state index in [9.17, 15) is 9.59 Å². The molecule has 4 heterocycles. The zero-order chi connectivity index (χ0) is 19.3. The second-order valence-corrected chi connectivity index (χ2v) is 7.66. The number of hydrogen-bond donors (Lipinski definition) is 3. The molecular formula is C19H19ClN4O4. The topological polar surface area (TPSA) is 95.7 Å². The molecule has 0 bridgehead atoms. The van der Waals surface area contributed by atoms with Crippen LogP contribution in [0.1, 0.15) is 28.4 Å². The van der Waals surface area contributed by atoms with Crippen molar-refractivity contribution < 1.29 is 14.3 Å². The van der Waals surface area contributed by atoms with E-state index in [2.05, 4.69) is 15.8 Å². The van der Waals surface area contributed by atoms with Crippen molar-refractivity contribution in [3.63, 3.8) is 0 Å². The Balaban J connectivity index is 1.37. The molecule has 5 rings (SSSR count). The van der Waals surface area contributed by atoms with Crippen molar-refractivity contribution in [2.45, 2.75) is 18.5 Å². The van der Waals surface area contributed by atoms with Gasteiger partial charge in [0.2, 0.25) is 6.79 Å². The van der Waals surface area contributed by atoms with E-state index in [1.165, 1.54) is 12.3 Å². The summed E-state index contributed by atoms with van der Waals surface area (Å²) in [5.41, 5.74) is 7.81. The van der Waals surface area contributed by atoms with Crippen LogP contribution in [0.4, 0.5) is 0 Å². The summed E-state index contributed by atoms with van der Waals surface area (Å²) in [6.45, 7) is 1.48. The number of hydrogen-bond acceptors (Lipinski definition) is 6. The third kappa shape index (κ3) is 2.94. The van der Waals surface area contributed by atoms with Gasteiger partial charge in [0.25, 0.3) is 11.5 Å². The number of amides is 1. The number of aromatic nitrogens is 1. The molecule has 2 saturated heterocycles. The Labute approximate surface area is 165 Å². The highest BCUT2D eigenvalue weighted by atomic mass is 35.5. The monoisotopic (exact) mass is 402 g/mol. The Morgan fingerprint density at radius 3 is 2.89 bits per heavy atom. The predicted molar refractivity (Wildman–Crippen MR) is 101 cm³/mol. The van der Waals surface area contributed by atoms with E-state index in [-0.39, 0.29) is 35.7 Å². The SMILES string of the molecule is O=C(c1c[nH]c(=O)c(Cl)c1)N1CCC2NNC(c3ccc4c(c3)OCO4)C2C1. The number of H-pyrrole nitrogens is 1. The van der Waals surface area contributed by atoms with Crippen molar-refractivity contribution in [3.05, 3.63) is 57.0 Å². The van der Waals surface area contributed by atoms with E-state index in [1.54, 1.807) is 0 Å². The van der Waals surface area contributed by atoms with Crippen LogP contribution in [0.15, 0.2) is 35.3 Å². The minimum Gasteiger partial charge on any atom is -0.454 e. The number of pyridine rings is 1. The number of piperidine rings is 1. The molecule has 9 heteroatoms. The molecule has 3 unspecified atom stereocenters. The molecule has 3 atom stereocenters. The van der Waals surface area contributed by atoms with Gasteiger partial charge in [-0.3, -0.25) is 15.0 Å². The van der Waals surface area contributed by atoms with Crippen molar-refractivity contribution >= 4 is 17.5 Å². The van der Waals surface area contributed by atoms with Gasteiger partial charge in [-0.15, -0.1) is 0 Å². The highest BCUT2D eigenvalue weighted by molar-refractivity contribution is 6.30. The number of nitrogens with one attached hydrogen (secondary N) is 3. The minimum atomic E-state index is -0.399. The zero-order valence-electron chi connectivity index (χ0n) is 14.9. The number of aromatic amines is 1. The maximum absolute atomic E-state index is 12.9. The highest BCUT2D eigenvalue weighted by Gasteiger charge is 2.42. The molecule has 1 aromatic heterocycles. The molecule has 1 amide bonds. The molecule has 0 radical (unpaired) electrons. The van der Waals surface area contributed by atoms with Gasteiger partial charge in [-0.25, -0.2) is 5.43 Å². The van der Waals surface area contributed by atoms with Crippen molar-refractivity contribution in [1.29, 1.82) is 0 Å². The molecule has 0 saturated carbocycles. The van der Waals surface area contributed by atoms with Gasteiger partial charge in [0.15, 0.2) is 11.5 Å². The van der Waals surface area contributed by atoms with Crippen LogP contribution >= 0.6 is 11.6 Å². The first kappa shape index (κ1) is 17.5. The molecule has 28 heavy (non-hydrogen) atoms. The molecule has 8 nitrogen and oxygen atoms in total. The minimum absolute atomic E-state index is 0.0168. The number of nitrogens with zero attached hydrogens (tertiary/aromatic N) is 1. The lowest BCUT2D eigenvalue weighted by atomic mass is 9.85. The maximum atomic E-state index is 12.9. The van der Waals surface area contributed by atoms with Crippen molar-refractivity contribution in [2.24, 2.45) is 5.92 Å². The molecule has 3 aliphatic heterocycles. The smallest absolute Gasteiger partial charge is 0.266 e. The number of carbonyl (C=O) groups is 1. The first-order valence-electron chi connectivity index (χ1n) is 9.18. The maximum Gasteiger partial charge on any atom is 0.266 e. The van der Waals surface area contributed by atoms with Crippen molar-refractivity contribution in [2.75, 3.05) is 19.9 Å². The lowest BCUT2D eigenvalue weighted by Crippen LogP contribution is -2.47. The summed E-state index contributed by atoms with van der Waals surface area (Å²) in [6, 6.07) is 7.69. The van der Waals surface area contributed by atoms with E-state index in [0.717, 1.165) is 23.5 Å². The van der Waals surface area contributed by atoms with E-state index in [1.807, 2.05) is 23.1 Å². The van der Waals surface area contributed by atoms with Gasteiger partial charge >= 0.3 is 0 Å². The number of halogens is 1. The van der Waals surface area contributed by atoms with Crippen LogP contribution in [0.25, 0.3) is 0 Å². The Morgan fingerprint density at radius 1 is 1.18 bits per heavy atom. The molecule has 2 aromatic rings. The predicted octanol–water partition coefficient (Wildman–Crippen LogP) is 1.44. The number of fused-ring (bicyclic) bond motifs is 2. The number of carbonyl (C=O) groups excluding carboxylic acids is 1. The zero-order valence-corrected chi connectivity index (χ0v) is 15.7. The highest BCUT2D eigenvalue weighted by Crippen LogP contribution is 2.39. The first-order valence-corrected chi connectivity index (χ1v) is 9.56. The number of likely N-dealkylation sites (tertiary alicyclic amines) is 1. The summed E-state index contributed by atoms with van der Waals surface area (Å²) in [4.78, 5) is 28.7. The van der Waals surface area contributed by atoms with Gasteiger partial charge in [0.05, 0.1) is 11.6 Å². The van der Waals surface area contributed by atoms with Crippen LogP contribution < -0.4 is 25.9 Å². The molecule has 3 aliphatic rings. The van der Waals surface area contributed by atoms with Crippen LogP contribution in [0.2, 0.25) is 5.02 Å². The summed E-state index contributed by atoms with van der Waals surface area (Å²) >= 11 is 5.88. The number of rotatable bonds is 2. The second-order valence-electron chi connectivity index (χ2n) is 7.25. The standard InChI is InChI=1S/C19H19ClN4O4/c20-13-5-11(7-21-18(13)25)19(26)24-4-3-14-12(8-24)17(23-22-14)10-1-2-15-16(6-10)28-9-27-15/h1-2,5-7,12,14,17,22-23H,3-4,8-9H2,(H,21,25). The lowest BCUT2D eigenvalue weighted by Gasteiger charge is -2.36. The Hall–Kier alpha value is -2.55. The van der Waals surface area contributed by atoms with Gasteiger partial charge < -0.3 is 19.4 Å². The van der Waals surface area contributed by atoms with E-state index in [4.69, 9.17) is 21.1 Å². The molecule has 1 aromatic carbocycles. The van der Waals surface area contributed by atoms with Gasteiger partial charge in [0.1, 0.15) is 5.02 Å². The van der Waals surface area contributed by atoms with Gasteiger partial charge in [-0.05, 0) is 30.2 Å². The molecular weight excluding hydrogens is 384 g/mol. The van der Waals surface area contributed by atoms with Crippen LogP contribution in [0.5, 0.6) is 11.5 Å². The van der Waals surface area contributed by atoms with Crippen LogP contribution in [0, 0.1) is 5.92 Å². The average molecular weight is 403 g/mol. The largest absolute Gasteiger partial charge is 0.454 e. The third-order valence-corrected chi connectivity index (χ3v) is 5.94. The van der Waals surface area contributed by atoms with Gasteiger partial charge in [-0.1, -0.05) is 17.7 Å². The van der Waals surface area contributed by atoms with Crippen molar-refractivity contribution in [1.82, 2.24) is 20.7 Å². The molecule has 146 valence electrons. The van der Waals surface area contributed by atoms with Gasteiger partial charge in [0, 0.05) is 31.2 Å². The third-order valence-electron chi connectivity index (χ3n) is 5.66. The fourth-order valence-electron chi connectivity index (χ4n) is 4.19. The van der Waals surface area contributed by atoms with Gasteiger partial charge in [-0.2, -0.15) is 0 Å². The molecule has 2 fully saturated rings. The van der Waals surface area contributed by atoms with Crippen LogP contribution in [-0.2, 0) is 0 Å². The number of hydrazine groups is 1. The fraction of sp³-hybridized carbons (Fsp3) is 0.368. The quantitative estimate of drug-likeness (QED) is 0.703. The van der Waals surface area contributed by atoms with Crippen LogP contribution in [-0.4, -0.2) is 41.7 Å². The summed E-state index contributed by atoms with van der Waals surface area (Å²) in [5, 5.41) is 0.0168. The molecule has 0 spiro atoms. The van der Waals surface area contributed by atoms with Crippen LogP contribution in [0.3, 0.4) is 0 Å². The second kappa shape index (κ2) is 6.80. The normalized spacial score (nSPS) is 25.6. The van der Waals surface area contributed by atoms with E-state index >= 15 is 0 Å². The Morgan fingerprint density at radius 2 is 2.04 bits per heavy atom. The van der Waals surface area contributed by atoms with E-state index in [0.29, 0.717) is 18.7 Å². The molecule has 0 aliphatic carbocycles. The number of ether oxygens (including phenoxy) is 2.